The van der Waals surface area contributed by atoms with Gasteiger partial charge in [-0.05, 0) is 30.9 Å². The summed E-state index contributed by atoms with van der Waals surface area (Å²) >= 11 is 0. The van der Waals surface area contributed by atoms with Crippen molar-refractivity contribution in [1.82, 2.24) is 0 Å². The highest BCUT2D eigenvalue weighted by Crippen LogP contribution is 2.30. The van der Waals surface area contributed by atoms with E-state index in [2.05, 4.69) is 0 Å². The molecular formula is C12H13NO6. The topological polar surface area (TPSA) is 98.9 Å². The highest BCUT2D eigenvalue weighted by molar-refractivity contribution is 5.88. The molecule has 0 atom stereocenters. The summed E-state index contributed by atoms with van der Waals surface area (Å²) in [4.78, 5) is 20.9. The van der Waals surface area contributed by atoms with Crippen LogP contribution in [0.25, 0.3) is 0 Å². The number of hydrogen-bond donors (Lipinski definition) is 1. The summed E-state index contributed by atoms with van der Waals surface area (Å²) in [6.07, 6.45) is 2.29. The van der Waals surface area contributed by atoms with Crippen molar-refractivity contribution in [3.05, 3.63) is 33.9 Å². The lowest BCUT2D eigenvalue weighted by Gasteiger charge is -2.07. The van der Waals surface area contributed by atoms with Crippen molar-refractivity contribution in [2.24, 2.45) is 5.92 Å². The lowest BCUT2D eigenvalue weighted by atomic mass is 10.2. The number of nitro groups is 1. The predicted molar refractivity (Wildman–Crippen MR) is 64.2 cm³/mol. The summed E-state index contributed by atoms with van der Waals surface area (Å²) < 4.78 is 10.4. The molecule has 0 aromatic heterocycles. The van der Waals surface area contributed by atoms with E-state index in [-0.39, 0.29) is 23.8 Å². The molecule has 0 saturated heterocycles. The maximum Gasteiger partial charge on any atom is 0.335 e. The predicted octanol–water partition coefficient (Wildman–Crippen LogP) is 2.06. The third-order valence-electron chi connectivity index (χ3n) is 2.75. The Morgan fingerprint density at radius 3 is 2.79 bits per heavy atom. The lowest BCUT2D eigenvalue weighted by molar-refractivity contribution is -0.386. The monoisotopic (exact) mass is 267 g/mol. The molecule has 0 heterocycles. The lowest BCUT2D eigenvalue weighted by Crippen LogP contribution is -2.07. The fourth-order valence-corrected chi connectivity index (χ4v) is 1.52. The average Bonchev–Trinajstić information content (AvgIpc) is 3.18. The van der Waals surface area contributed by atoms with Crippen LogP contribution in [0.1, 0.15) is 23.2 Å². The Morgan fingerprint density at radius 1 is 1.47 bits per heavy atom. The third-order valence-corrected chi connectivity index (χ3v) is 2.75. The van der Waals surface area contributed by atoms with Gasteiger partial charge in [-0.25, -0.2) is 4.79 Å². The minimum atomic E-state index is -1.22. The molecule has 0 radical (unpaired) electrons. The van der Waals surface area contributed by atoms with E-state index in [4.69, 9.17) is 14.6 Å². The number of benzene rings is 1. The molecule has 102 valence electrons. The van der Waals surface area contributed by atoms with Crippen molar-refractivity contribution in [2.75, 3.05) is 13.4 Å². The minimum absolute atomic E-state index is 0.00537. The summed E-state index contributed by atoms with van der Waals surface area (Å²) in [6.45, 7) is 0.505. The quantitative estimate of drug-likeness (QED) is 0.351. The van der Waals surface area contributed by atoms with Crippen LogP contribution in [0.15, 0.2) is 18.2 Å². The Balaban J connectivity index is 2.00. The van der Waals surface area contributed by atoms with E-state index in [1.54, 1.807) is 0 Å². The first-order chi connectivity index (χ1) is 9.08. The number of nitrogens with zero attached hydrogens (tertiary/aromatic N) is 1. The molecule has 0 spiro atoms. The van der Waals surface area contributed by atoms with E-state index in [9.17, 15) is 14.9 Å². The van der Waals surface area contributed by atoms with E-state index in [0.29, 0.717) is 12.5 Å². The van der Waals surface area contributed by atoms with Gasteiger partial charge < -0.3 is 14.6 Å². The van der Waals surface area contributed by atoms with Crippen LogP contribution >= 0.6 is 0 Å². The van der Waals surface area contributed by atoms with Crippen molar-refractivity contribution in [1.29, 1.82) is 0 Å². The van der Waals surface area contributed by atoms with Crippen LogP contribution in [0.2, 0.25) is 0 Å². The molecule has 0 unspecified atom stereocenters. The average molecular weight is 267 g/mol. The summed E-state index contributed by atoms with van der Waals surface area (Å²) in [5.74, 6) is -0.640. The normalized spacial score (nSPS) is 14.1. The van der Waals surface area contributed by atoms with Crippen LogP contribution in [0.4, 0.5) is 5.69 Å². The van der Waals surface area contributed by atoms with Gasteiger partial charge in [-0.1, -0.05) is 0 Å². The fraction of sp³-hybridized carbons (Fsp3) is 0.417. The van der Waals surface area contributed by atoms with Crippen LogP contribution in [0, 0.1) is 16.0 Å². The van der Waals surface area contributed by atoms with Crippen LogP contribution in [0.3, 0.4) is 0 Å². The van der Waals surface area contributed by atoms with Crippen LogP contribution < -0.4 is 4.74 Å². The van der Waals surface area contributed by atoms with Gasteiger partial charge in [0.2, 0.25) is 0 Å². The summed E-state index contributed by atoms with van der Waals surface area (Å²) in [5.41, 5.74) is -0.534. The number of carbonyl (C=O) groups is 1. The van der Waals surface area contributed by atoms with Crippen molar-refractivity contribution in [3.63, 3.8) is 0 Å². The van der Waals surface area contributed by atoms with E-state index in [1.165, 1.54) is 12.1 Å². The largest absolute Gasteiger partial charge is 0.478 e. The van der Waals surface area contributed by atoms with Crippen molar-refractivity contribution < 1.29 is 24.3 Å². The van der Waals surface area contributed by atoms with Gasteiger partial charge in [0.05, 0.1) is 17.1 Å². The van der Waals surface area contributed by atoms with Gasteiger partial charge in [0.25, 0.3) is 0 Å². The molecule has 1 fully saturated rings. The standard InChI is InChI=1S/C12H13NO6/c14-12(15)9-3-4-11(10(5-9)13(16)17)19-7-18-6-8-1-2-8/h3-5,8H,1-2,6-7H2,(H,14,15). The first kappa shape index (κ1) is 13.3. The molecule has 0 bridgehead atoms. The maximum atomic E-state index is 10.8. The second kappa shape index (κ2) is 5.66. The van der Waals surface area contributed by atoms with Crippen LogP contribution in [-0.4, -0.2) is 29.4 Å². The summed E-state index contributed by atoms with van der Waals surface area (Å²) in [6, 6.07) is 3.49. The molecule has 1 aromatic rings. The van der Waals surface area contributed by atoms with Gasteiger partial charge in [-0.2, -0.15) is 0 Å². The first-order valence-corrected chi connectivity index (χ1v) is 5.80. The molecule has 2 rings (SSSR count). The van der Waals surface area contributed by atoms with Gasteiger partial charge in [0.1, 0.15) is 0 Å². The molecule has 1 aromatic carbocycles. The number of carboxylic acids is 1. The zero-order valence-corrected chi connectivity index (χ0v) is 10.1. The summed E-state index contributed by atoms with van der Waals surface area (Å²) in [5, 5.41) is 19.6. The van der Waals surface area contributed by atoms with Crippen molar-refractivity contribution in [3.8, 4) is 5.75 Å². The number of ether oxygens (including phenoxy) is 2. The molecule has 0 aliphatic heterocycles. The maximum absolute atomic E-state index is 10.8. The Bertz CT molecular complexity index is 497. The van der Waals surface area contributed by atoms with Gasteiger partial charge in [0.15, 0.2) is 12.5 Å². The first-order valence-electron chi connectivity index (χ1n) is 5.80. The second-order valence-corrected chi connectivity index (χ2v) is 4.32. The third kappa shape index (κ3) is 3.65. The molecule has 7 nitrogen and oxygen atoms in total. The van der Waals surface area contributed by atoms with Crippen LogP contribution in [0.5, 0.6) is 5.75 Å². The highest BCUT2D eigenvalue weighted by atomic mass is 16.7. The second-order valence-electron chi connectivity index (χ2n) is 4.32. The Hall–Kier alpha value is -2.15. The molecule has 7 heteroatoms. The van der Waals surface area contributed by atoms with E-state index < -0.39 is 10.9 Å². The van der Waals surface area contributed by atoms with E-state index >= 15 is 0 Å². The molecular weight excluding hydrogens is 254 g/mol. The van der Waals surface area contributed by atoms with Gasteiger partial charge in [-0.15, -0.1) is 0 Å². The van der Waals surface area contributed by atoms with Crippen LogP contribution in [-0.2, 0) is 4.74 Å². The Morgan fingerprint density at radius 2 is 2.21 bits per heavy atom. The SMILES string of the molecule is O=C(O)c1ccc(OCOCC2CC2)c([N+](=O)[O-])c1. The smallest absolute Gasteiger partial charge is 0.335 e. The molecule has 19 heavy (non-hydrogen) atoms. The minimum Gasteiger partial charge on any atom is -0.478 e. The number of nitro benzene ring substituents is 1. The number of carboxylic acid groups (broad SMARTS) is 1. The zero-order valence-electron chi connectivity index (χ0n) is 10.1. The van der Waals surface area contributed by atoms with Gasteiger partial charge >= 0.3 is 11.7 Å². The van der Waals surface area contributed by atoms with E-state index in [1.807, 2.05) is 0 Å². The Kier molecular flexibility index (Phi) is 3.96. The zero-order chi connectivity index (χ0) is 13.8. The Labute approximate surface area is 108 Å². The van der Waals surface area contributed by atoms with Gasteiger partial charge in [0, 0.05) is 6.07 Å². The highest BCUT2D eigenvalue weighted by Gasteiger charge is 2.22. The number of aromatic carboxylic acids is 1. The number of rotatable bonds is 7. The molecule has 1 aliphatic rings. The molecule has 1 aliphatic carbocycles. The summed E-state index contributed by atoms with van der Waals surface area (Å²) in [7, 11) is 0. The van der Waals surface area contributed by atoms with Gasteiger partial charge in [-0.3, -0.25) is 10.1 Å². The molecule has 0 amide bonds. The molecule has 1 N–H and O–H groups in total. The van der Waals surface area contributed by atoms with E-state index in [0.717, 1.165) is 18.9 Å². The fourth-order valence-electron chi connectivity index (χ4n) is 1.52. The molecule has 1 saturated carbocycles. The van der Waals surface area contributed by atoms with Crippen molar-refractivity contribution in [2.45, 2.75) is 12.8 Å². The van der Waals surface area contributed by atoms with Crippen molar-refractivity contribution >= 4 is 11.7 Å². The number of hydrogen-bond acceptors (Lipinski definition) is 5.